The number of aliphatic hydroxyl groups excluding tert-OH is 2. The molecule has 0 aliphatic carbocycles. The lowest BCUT2D eigenvalue weighted by atomic mass is 9.89. The molecule has 1 saturated heterocycles. The summed E-state index contributed by atoms with van der Waals surface area (Å²) in [4.78, 5) is 0. The number of allylic oxidation sites excluding steroid dienone is 6. The second-order valence-corrected chi connectivity index (χ2v) is 12.1. The first-order valence-electron chi connectivity index (χ1n) is 13.5. The highest BCUT2D eigenvalue weighted by Crippen LogP contribution is 2.38. The Morgan fingerprint density at radius 3 is 1.94 bits per heavy atom. The van der Waals surface area contributed by atoms with Gasteiger partial charge in [0.25, 0.3) is 0 Å². The smallest absolute Gasteiger partial charge is 0.0918 e. The molecule has 0 aromatic carbocycles. The van der Waals surface area contributed by atoms with E-state index in [1.807, 2.05) is 20.8 Å². The van der Waals surface area contributed by atoms with E-state index in [4.69, 9.17) is 4.74 Å². The predicted molar refractivity (Wildman–Crippen MR) is 145 cm³/mol. The SMILES string of the molecule is CC(C)=CCC[C@@](C)(O)[C@@H](O)CC/C(C)=C/CC/C=C(\C)CC[C@@H](O)[C@]1(C)CC[C@H](C(C)(C)O)O1. The Morgan fingerprint density at radius 2 is 1.46 bits per heavy atom. The van der Waals surface area contributed by atoms with E-state index in [0.717, 1.165) is 44.9 Å². The van der Waals surface area contributed by atoms with E-state index in [1.165, 1.54) is 16.7 Å². The first-order chi connectivity index (χ1) is 16.1. The minimum absolute atomic E-state index is 0.233. The zero-order valence-corrected chi connectivity index (χ0v) is 23.7. The first kappa shape index (κ1) is 32.0. The van der Waals surface area contributed by atoms with Gasteiger partial charge in [0.2, 0.25) is 0 Å². The summed E-state index contributed by atoms with van der Waals surface area (Å²) < 4.78 is 6.06. The van der Waals surface area contributed by atoms with Crippen LogP contribution in [-0.4, -0.2) is 55.5 Å². The minimum atomic E-state index is -1.06. The zero-order chi connectivity index (χ0) is 26.9. The fourth-order valence-corrected chi connectivity index (χ4v) is 4.63. The number of aliphatic hydroxyl groups is 4. The van der Waals surface area contributed by atoms with Crippen LogP contribution in [0.15, 0.2) is 34.9 Å². The number of hydrogen-bond acceptors (Lipinski definition) is 5. The van der Waals surface area contributed by atoms with Crippen molar-refractivity contribution >= 4 is 0 Å². The molecule has 0 unspecified atom stereocenters. The van der Waals surface area contributed by atoms with Crippen molar-refractivity contribution in [1.82, 2.24) is 0 Å². The van der Waals surface area contributed by atoms with Crippen LogP contribution in [0.2, 0.25) is 0 Å². The lowest BCUT2D eigenvalue weighted by molar-refractivity contribution is -0.153. The van der Waals surface area contributed by atoms with Gasteiger partial charge in [-0.15, -0.1) is 0 Å². The summed E-state index contributed by atoms with van der Waals surface area (Å²) >= 11 is 0. The lowest BCUT2D eigenvalue weighted by Crippen LogP contribution is -2.43. The maximum absolute atomic E-state index is 10.7. The second kappa shape index (κ2) is 14.1. The summed E-state index contributed by atoms with van der Waals surface area (Å²) in [7, 11) is 0. The number of hydrogen-bond donors (Lipinski definition) is 4. The van der Waals surface area contributed by atoms with Crippen molar-refractivity contribution in [3.05, 3.63) is 34.9 Å². The molecular formula is C30H54O5. The molecule has 0 aromatic rings. The summed E-state index contributed by atoms with van der Waals surface area (Å²) in [5.74, 6) is 0. The van der Waals surface area contributed by atoms with Crippen LogP contribution in [0.4, 0.5) is 0 Å². The van der Waals surface area contributed by atoms with Crippen molar-refractivity contribution in [3.8, 4) is 0 Å². The quantitative estimate of drug-likeness (QED) is 0.162. The van der Waals surface area contributed by atoms with Crippen molar-refractivity contribution in [2.45, 2.75) is 155 Å². The molecule has 0 radical (unpaired) electrons. The lowest BCUT2D eigenvalue weighted by Gasteiger charge is -2.33. The van der Waals surface area contributed by atoms with Crippen molar-refractivity contribution in [2.24, 2.45) is 0 Å². The van der Waals surface area contributed by atoms with Crippen LogP contribution in [0.25, 0.3) is 0 Å². The molecule has 5 nitrogen and oxygen atoms in total. The molecule has 5 heteroatoms. The maximum Gasteiger partial charge on any atom is 0.0918 e. The van der Waals surface area contributed by atoms with Crippen molar-refractivity contribution in [3.63, 3.8) is 0 Å². The van der Waals surface area contributed by atoms with Crippen molar-refractivity contribution in [1.29, 1.82) is 0 Å². The molecule has 204 valence electrons. The van der Waals surface area contributed by atoms with Gasteiger partial charge in [0.1, 0.15) is 0 Å². The van der Waals surface area contributed by atoms with Gasteiger partial charge in [-0.05, 0) is 120 Å². The van der Waals surface area contributed by atoms with Crippen LogP contribution in [0, 0.1) is 0 Å². The fraction of sp³-hybridized carbons (Fsp3) is 0.800. The molecule has 1 heterocycles. The van der Waals surface area contributed by atoms with Gasteiger partial charge in [0.15, 0.2) is 0 Å². The molecule has 4 N–H and O–H groups in total. The average Bonchev–Trinajstić information content (AvgIpc) is 3.16. The molecule has 0 aromatic heterocycles. The molecular weight excluding hydrogens is 440 g/mol. The van der Waals surface area contributed by atoms with Gasteiger partial charge in [0.05, 0.1) is 35.1 Å². The van der Waals surface area contributed by atoms with E-state index in [0.29, 0.717) is 19.3 Å². The van der Waals surface area contributed by atoms with Gasteiger partial charge in [-0.1, -0.05) is 34.9 Å². The predicted octanol–water partition coefficient (Wildman–Crippen LogP) is 6.15. The summed E-state index contributed by atoms with van der Waals surface area (Å²) in [6.07, 6.45) is 12.6. The van der Waals surface area contributed by atoms with E-state index in [1.54, 1.807) is 20.8 Å². The van der Waals surface area contributed by atoms with Crippen LogP contribution < -0.4 is 0 Å². The Labute approximate surface area is 215 Å². The van der Waals surface area contributed by atoms with Crippen LogP contribution in [0.3, 0.4) is 0 Å². The third-order valence-electron chi connectivity index (χ3n) is 7.50. The fourth-order valence-electron chi connectivity index (χ4n) is 4.63. The molecule has 1 rings (SSSR count). The summed E-state index contributed by atoms with van der Waals surface area (Å²) in [5.41, 5.74) is 1.18. The third kappa shape index (κ3) is 11.7. The maximum atomic E-state index is 10.7. The highest BCUT2D eigenvalue weighted by Gasteiger charge is 2.46. The van der Waals surface area contributed by atoms with Gasteiger partial charge >= 0.3 is 0 Å². The molecule has 1 aliphatic heterocycles. The third-order valence-corrected chi connectivity index (χ3v) is 7.50. The summed E-state index contributed by atoms with van der Waals surface area (Å²) in [5, 5.41) is 41.9. The van der Waals surface area contributed by atoms with E-state index >= 15 is 0 Å². The number of rotatable bonds is 15. The van der Waals surface area contributed by atoms with E-state index in [-0.39, 0.29) is 6.10 Å². The molecule has 0 spiro atoms. The van der Waals surface area contributed by atoms with Gasteiger partial charge in [-0.2, -0.15) is 0 Å². The summed E-state index contributed by atoms with van der Waals surface area (Å²) in [6, 6.07) is 0. The highest BCUT2D eigenvalue weighted by molar-refractivity contribution is 5.04. The molecule has 1 aliphatic rings. The highest BCUT2D eigenvalue weighted by atomic mass is 16.5. The normalized spacial score (nSPS) is 25.3. The van der Waals surface area contributed by atoms with Crippen LogP contribution in [0.1, 0.15) is 120 Å². The van der Waals surface area contributed by atoms with E-state index < -0.39 is 29.0 Å². The van der Waals surface area contributed by atoms with Crippen molar-refractivity contribution in [2.75, 3.05) is 0 Å². The molecule has 0 amide bonds. The van der Waals surface area contributed by atoms with E-state index in [2.05, 4.69) is 32.1 Å². The molecule has 35 heavy (non-hydrogen) atoms. The number of ether oxygens (including phenoxy) is 1. The Balaban J connectivity index is 2.36. The van der Waals surface area contributed by atoms with Crippen LogP contribution in [-0.2, 0) is 4.74 Å². The Hall–Kier alpha value is -0.980. The largest absolute Gasteiger partial charge is 0.390 e. The molecule has 5 atom stereocenters. The monoisotopic (exact) mass is 494 g/mol. The zero-order valence-electron chi connectivity index (χ0n) is 23.7. The van der Waals surface area contributed by atoms with Gasteiger partial charge in [0, 0.05) is 0 Å². The standard InChI is InChI=1S/C30H54O5/c1-22(2)12-11-20-29(7,34)25(31)17-15-23(3)13-9-10-14-24(4)16-18-26(32)30(8)21-19-27(35-30)28(5,6)33/h12-14,25-27,31-34H,9-11,15-21H2,1-8H3/b23-13+,24-14+/t25-,26+,27+,29+,30-/m0/s1. The van der Waals surface area contributed by atoms with Gasteiger partial charge in [-0.3, -0.25) is 0 Å². The molecule has 1 fully saturated rings. The van der Waals surface area contributed by atoms with Gasteiger partial charge in [-0.25, -0.2) is 0 Å². The van der Waals surface area contributed by atoms with E-state index in [9.17, 15) is 20.4 Å². The van der Waals surface area contributed by atoms with Gasteiger partial charge < -0.3 is 25.2 Å². The second-order valence-electron chi connectivity index (χ2n) is 12.1. The van der Waals surface area contributed by atoms with Crippen LogP contribution in [0.5, 0.6) is 0 Å². The van der Waals surface area contributed by atoms with Crippen LogP contribution >= 0.6 is 0 Å². The van der Waals surface area contributed by atoms with Crippen molar-refractivity contribution < 1.29 is 25.2 Å². The Bertz CT molecular complexity index is 724. The summed E-state index contributed by atoms with van der Waals surface area (Å²) in [6.45, 7) is 15.5. The minimum Gasteiger partial charge on any atom is -0.390 e. The molecule has 0 bridgehead atoms. The molecule has 0 saturated carbocycles. The topological polar surface area (TPSA) is 90.2 Å². The number of unbranched alkanes of at least 4 members (excludes halogenated alkanes) is 1. The average molecular weight is 495 g/mol. The Kier molecular flexibility index (Phi) is 12.9. The Morgan fingerprint density at radius 1 is 0.914 bits per heavy atom. The first-order valence-corrected chi connectivity index (χ1v) is 13.5.